The van der Waals surface area contributed by atoms with Gasteiger partial charge in [0.2, 0.25) is 0 Å². The van der Waals surface area contributed by atoms with Crippen LogP contribution in [0.2, 0.25) is 0 Å². The highest BCUT2D eigenvalue weighted by atomic mass is 16.3. The lowest BCUT2D eigenvalue weighted by atomic mass is 9.98. The molecule has 0 fully saturated rings. The van der Waals surface area contributed by atoms with Crippen molar-refractivity contribution in [2.24, 2.45) is 5.92 Å². The summed E-state index contributed by atoms with van der Waals surface area (Å²) in [5.74, 6) is 0.577. The van der Waals surface area contributed by atoms with E-state index in [1.165, 1.54) is 11.1 Å². The van der Waals surface area contributed by atoms with Gasteiger partial charge in [0, 0.05) is 6.61 Å². The zero-order chi connectivity index (χ0) is 9.68. The van der Waals surface area contributed by atoms with Gasteiger partial charge < -0.3 is 5.11 Å². The predicted molar refractivity (Wildman–Crippen MR) is 55.7 cm³/mol. The SMILES string of the molecule is Cc1ccc(CC(C)CCO)cc1. The molecule has 72 valence electrons. The van der Waals surface area contributed by atoms with Gasteiger partial charge in [-0.15, -0.1) is 0 Å². The van der Waals surface area contributed by atoms with Gasteiger partial charge in [-0.3, -0.25) is 0 Å². The van der Waals surface area contributed by atoms with Crippen molar-refractivity contribution in [2.75, 3.05) is 6.61 Å². The monoisotopic (exact) mass is 178 g/mol. The summed E-state index contributed by atoms with van der Waals surface area (Å²) in [5, 5.41) is 8.76. The molecule has 1 heteroatoms. The molecule has 0 aliphatic carbocycles. The molecule has 1 unspecified atom stereocenters. The minimum absolute atomic E-state index is 0.299. The van der Waals surface area contributed by atoms with Crippen LogP contribution in [0.1, 0.15) is 24.5 Å². The Kier molecular flexibility index (Phi) is 3.97. The van der Waals surface area contributed by atoms with Crippen LogP contribution in [0.15, 0.2) is 24.3 Å². The van der Waals surface area contributed by atoms with E-state index in [4.69, 9.17) is 5.11 Å². The lowest BCUT2D eigenvalue weighted by Crippen LogP contribution is -2.01. The molecule has 0 aromatic heterocycles. The van der Waals surface area contributed by atoms with Crippen LogP contribution in [0.4, 0.5) is 0 Å². The molecule has 1 N–H and O–H groups in total. The highest BCUT2D eigenvalue weighted by Crippen LogP contribution is 2.11. The first-order chi connectivity index (χ1) is 6.22. The molecule has 1 nitrogen and oxygen atoms in total. The average molecular weight is 178 g/mol. The molecule has 0 heterocycles. The Balaban J connectivity index is 2.49. The van der Waals surface area contributed by atoms with Crippen LogP contribution in [0.25, 0.3) is 0 Å². The van der Waals surface area contributed by atoms with Crippen molar-refractivity contribution in [1.82, 2.24) is 0 Å². The van der Waals surface area contributed by atoms with Crippen LogP contribution in [-0.2, 0) is 6.42 Å². The Morgan fingerprint density at radius 2 is 1.85 bits per heavy atom. The quantitative estimate of drug-likeness (QED) is 0.751. The molecule has 0 bridgehead atoms. The summed E-state index contributed by atoms with van der Waals surface area (Å²) in [6, 6.07) is 8.62. The lowest BCUT2D eigenvalue weighted by molar-refractivity contribution is 0.262. The van der Waals surface area contributed by atoms with Gasteiger partial charge in [0.25, 0.3) is 0 Å². The number of aliphatic hydroxyl groups excluding tert-OH is 1. The highest BCUT2D eigenvalue weighted by molar-refractivity contribution is 5.21. The Morgan fingerprint density at radius 1 is 1.23 bits per heavy atom. The molecule has 0 radical (unpaired) electrons. The van der Waals surface area contributed by atoms with Gasteiger partial charge in [-0.2, -0.15) is 0 Å². The van der Waals surface area contributed by atoms with Crippen molar-refractivity contribution < 1.29 is 5.11 Å². The minimum atomic E-state index is 0.299. The summed E-state index contributed by atoms with van der Waals surface area (Å²) in [6.07, 6.45) is 1.97. The van der Waals surface area contributed by atoms with Crippen LogP contribution < -0.4 is 0 Å². The lowest BCUT2D eigenvalue weighted by Gasteiger charge is -2.09. The average Bonchev–Trinajstić information content (AvgIpc) is 2.09. The first kappa shape index (κ1) is 10.3. The highest BCUT2D eigenvalue weighted by Gasteiger charge is 2.02. The second-order valence-corrected chi connectivity index (χ2v) is 3.81. The zero-order valence-corrected chi connectivity index (χ0v) is 8.46. The Hall–Kier alpha value is -0.820. The van der Waals surface area contributed by atoms with E-state index in [0.29, 0.717) is 12.5 Å². The minimum Gasteiger partial charge on any atom is -0.396 e. The Bertz CT molecular complexity index is 238. The molecule has 13 heavy (non-hydrogen) atoms. The van der Waals surface area contributed by atoms with E-state index in [1.807, 2.05) is 0 Å². The summed E-state index contributed by atoms with van der Waals surface area (Å²) in [4.78, 5) is 0. The van der Waals surface area contributed by atoms with Crippen molar-refractivity contribution in [3.63, 3.8) is 0 Å². The summed E-state index contributed by atoms with van der Waals surface area (Å²) in [5.41, 5.74) is 2.67. The van der Waals surface area contributed by atoms with E-state index in [2.05, 4.69) is 38.1 Å². The number of hydrogen-bond donors (Lipinski definition) is 1. The van der Waals surface area contributed by atoms with Gasteiger partial charge in [-0.1, -0.05) is 36.8 Å². The van der Waals surface area contributed by atoms with Gasteiger partial charge in [-0.05, 0) is 31.2 Å². The third-order valence-corrected chi connectivity index (χ3v) is 2.33. The smallest absolute Gasteiger partial charge is 0.0433 e. The third kappa shape index (κ3) is 3.60. The predicted octanol–water partition coefficient (Wildman–Crippen LogP) is 2.56. The second-order valence-electron chi connectivity index (χ2n) is 3.81. The van der Waals surface area contributed by atoms with Crippen molar-refractivity contribution in [1.29, 1.82) is 0 Å². The van der Waals surface area contributed by atoms with Crippen LogP contribution >= 0.6 is 0 Å². The molecular formula is C12H18O. The fourth-order valence-electron chi connectivity index (χ4n) is 1.45. The Labute approximate surface area is 80.4 Å². The Morgan fingerprint density at radius 3 is 2.38 bits per heavy atom. The van der Waals surface area contributed by atoms with Gasteiger partial charge in [0.05, 0.1) is 0 Å². The zero-order valence-electron chi connectivity index (χ0n) is 8.46. The van der Waals surface area contributed by atoms with E-state index >= 15 is 0 Å². The van der Waals surface area contributed by atoms with Crippen molar-refractivity contribution in [3.05, 3.63) is 35.4 Å². The number of benzene rings is 1. The first-order valence-electron chi connectivity index (χ1n) is 4.88. The number of aliphatic hydroxyl groups is 1. The molecule has 1 atom stereocenters. The maximum atomic E-state index is 8.76. The summed E-state index contributed by atoms with van der Waals surface area (Å²) in [6.45, 7) is 4.57. The van der Waals surface area contributed by atoms with E-state index in [1.54, 1.807) is 0 Å². The molecule has 1 aromatic rings. The van der Waals surface area contributed by atoms with E-state index < -0.39 is 0 Å². The molecule has 0 saturated heterocycles. The standard InChI is InChI=1S/C12H18O/c1-10-3-5-12(6-4-10)9-11(2)7-8-13/h3-6,11,13H,7-9H2,1-2H3. The normalized spacial score (nSPS) is 12.8. The van der Waals surface area contributed by atoms with Gasteiger partial charge >= 0.3 is 0 Å². The second kappa shape index (κ2) is 5.03. The fraction of sp³-hybridized carbons (Fsp3) is 0.500. The number of aryl methyl sites for hydroxylation is 1. The van der Waals surface area contributed by atoms with Gasteiger partial charge in [-0.25, -0.2) is 0 Å². The van der Waals surface area contributed by atoms with Crippen molar-refractivity contribution in [2.45, 2.75) is 26.7 Å². The first-order valence-corrected chi connectivity index (χ1v) is 4.88. The fourth-order valence-corrected chi connectivity index (χ4v) is 1.45. The molecular weight excluding hydrogens is 160 g/mol. The van der Waals surface area contributed by atoms with E-state index in [0.717, 1.165) is 12.8 Å². The summed E-state index contributed by atoms with van der Waals surface area (Å²) in [7, 11) is 0. The molecule has 0 spiro atoms. The van der Waals surface area contributed by atoms with Crippen molar-refractivity contribution in [3.8, 4) is 0 Å². The van der Waals surface area contributed by atoms with Crippen LogP contribution in [0.3, 0.4) is 0 Å². The molecule has 1 aromatic carbocycles. The largest absolute Gasteiger partial charge is 0.396 e. The van der Waals surface area contributed by atoms with Crippen molar-refractivity contribution >= 4 is 0 Å². The third-order valence-electron chi connectivity index (χ3n) is 2.33. The van der Waals surface area contributed by atoms with Gasteiger partial charge in [0.15, 0.2) is 0 Å². The number of rotatable bonds is 4. The summed E-state index contributed by atoms with van der Waals surface area (Å²) >= 11 is 0. The molecule has 1 rings (SSSR count). The molecule has 0 saturated carbocycles. The van der Waals surface area contributed by atoms with Crippen LogP contribution in [0, 0.1) is 12.8 Å². The number of hydrogen-bond acceptors (Lipinski definition) is 1. The van der Waals surface area contributed by atoms with E-state index in [9.17, 15) is 0 Å². The molecule has 0 aliphatic heterocycles. The molecule has 0 aliphatic rings. The van der Waals surface area contributed by atoms with Crippen LogP contribution in [0.5, 0.6) is 0 Å². The van der Waals surface area contributed by atoms with E-state index in [-0.39, 0.29) is 0 Å². The molecule has 0 amide bonds. The summed E-state index contributed by atoms with van der Waals surface area (Å²) < 4.78 is 0. The topological polar surface area (TPSA) is 20.2 Å². The van der Waals surface area contributed by atoms with Crippen LogP contribution in [-0.4, -0.2) is 11.7 Å². The maximum absolute atomic E-state index is 8.76. The van der Waals surface area contributed by atoms with Gasteiger partial charge in [0.1, 0.15) is 0 Å². The maximum Gasteiger partial charge on any atom is 0.0433 e.